The second-order valence-electron chi connectivity index (χ2n) is 5.19. The van der Waals surface area contributed by atoms with E-state index in [2.05, 4.69) is 20.4 Å². The highest BCUT2D eigenvalue weighted by molar-refractivity contribution is 8.01. The fourth-order valence-electron chi connectivity index (χ4n) is 2.60. The van der Waals surface area contributed by atoms with Crippen molar-refractivity contribution in [3.8, 4) is 5.75 Å². The van der Waals surface area contributed by atoms with Crippen LogP contribution in [0.5, 0.6) is 5.75 Å². The van der Waals surface area contributed by atoms with Crippen molar-refractivity contribution in [1.82, 2.24) is 10.2 Å². The van der Waals surface area contributed by atoms with Gasteiger partial charge in [0.05, 0.1) is 5.69 Å². The van der Waals surface area contributed by atoms with Gasteiger partial charge < -0.3 is 10.0 Å². The molecule has 9 heteroatoms. The van der Waals surface area contributed by atoms with Gasteiger partial charge in [0.15, 0.2) is 4.34 Å². The van der Waals surface area contributed by atoms with E-state index in [1.165, 1.54) is 18.3 Å². The first-order valence-corrected chi connectivity index (χ1v) is 9.41. The van der Waals surface area contributed by atoms with Gasteiger partial charge in [0.1, 0.15) is 11.4 Å². The Bertz CT molecular complexity index is 790. The van der Waals surface area contributed by atoms with Gasteiger partial charge in [0.25, 0.3) is 5.13 Å². The minimum absolute atomic E-state index is 0.0736. The number of anilines is 1. The molecule has 1 aliphatic heterocycles. The normalized spacial score (nSPS) is 14.2. The molecule has 0 fully saturated rings. The third-order valence-corrected chi connectivity index (χ3v) is 5.43. The summed E-state index contributed by atoms with van der Waals surface area (Å²) in [5, 5.41) is 27.0. The van der Waals surface area contributed by atoms with Crippen molar-refractivity contribution in [2.75, 3.05) is 17.2 Å². The molecule has 1 aromatic heterocycles. The van der Waals surface area contributed by atoms with Crippen molar-refractivity contribution in [3.05, 3.63) is 17.7 Å². The minimum atomic E-state index is -0.0736. The first-order valence-electron chi connectivity index (χ1n) is 7.61. The number of carbonyl (C=O) groups is 1. The number of amides is 1. The second-order valence-corrected chi connectivity index (χ2v) is 7.66. The predicted molar refractivity (Wildman–Crippen MR) is 94.9 cm³/mol. The van der Waals surface area contributed by atoms with E-state index in [0.717, 1.165) is 22.1 Å². The number of phenols is 1. The molecule has 1 amide bonds. The maximum absolute atomic E-state index is 11.9. The van der Waals surface area contributed by atoms with Gasteiger partial charge in [-0.15, -0.1) is 20.4 Å². The zero-order valence-electron chi connectivity index (χ0n) is 13.4. The number of azo groups is 1. The molecular formula is C15H17N5O2S2. The number of thioether (sulfide) groups is 1. The van der Waals surface area contributed by atoms with Crippen LogP contribution in [0.3, 0.4) is 0 Å². The van der Waals surface area contributed by atoms with E-state index in [1.54, 1.807) is 28.8 Å². The molecule has 0 bridgehead atoms. The number of fused-ring (bicyclic) bond motifs is 1. The molecule has 0 atom stereocenters. The van der Waals surface area contributed by atoms with Crippen molar-refractivity contribution in [1.29, 1.82) is 0 Å². The molecule has 24 heavy (non-hydrogen) atoms. The molecule has 0 saturated heterocycles. The standard InChI is InChI=1S/C15H17N5O2S2/c1-3-23-15-19-18-14(24-15)17-16-11-6-7-12(22)10-5-4-8-20(9(2)21)13(10)11/h6-7,22H,3-5,8H2,1-2H3/b17-16+. The van der Waals surface area contributed by atoms with E-state index >= 15 is 0 Å². The number of carbonyl (C=O) groups excluding carboxylic acids is 1. The number of nitrogens with zero attached hydrogens (tertiary/aromatic N) is 5. The van der Waals surface area contributed by atoms with E-state index in [-0.39, 0.29) is 11.7 Å². The Balaban J connectivity index is 1.96. The molecule has 1 aromatic carbocycles. The predicted octanol–water partition coefficient (Wildman–Crippen LogP) is 4.07. The number of rotatable bonds is 4. The molecule has 1 N–H and O–H groups in total. The fraction of sp³-hybridized carbons (Fsp3) is 0.400. The van der Waals surface area contributed by atoms with Gasteiger partial charge in [-0.05, 0) is 30.7 Å². The van der Waals surface area contributed by atoms with Gasteiger partial charge >= 0.3 is 0 Å². The van der Waals surface area contributed by atoms with Crippen LogP contribution in [0.4, 0.5) is 16.5 Å². The molecule has 7 nitrogen and oxygen atoms in total. The van der Waals surface area contributed by atoms with Crippen LogP contribution in [-0.4, -0.2) is 33.5 Å². The largest absolute Gasteiger partial charge is 0.508 e. The maximum Gasteiger partial charge on any atom is 0.252 e. The Kier molecular flexibility index (Phi) is 5.10. The van der Waals surface area contributed by atoms with Crippen molar-refractivity contribution >= 4 is 45.5 Å². The zero-order valence-corrected chi connectivity index (χ0v) is 15.0. The highest BCUT2D eigenvalue weighted by Gasteiger charge is 2.25. The van der Waals surface area contributed by atoms with Crippen LogP contribution in [0, 0.1) is 0 Å². The average Bonchev–Trinajstić information content (AvgIpc) is 3.02. The number of phenolic OH excluding ortho intramolecular Hbond substituents is 1. The van der Waals surface area contributed by atoms with E-state index in [0.29, 0.717) is 29.5 Å². The number of hydrogen-bond donors (Lipinski definition) is 1. The van der Waals surface area contributed by atoms with E-state index in [1.807, 2.05) is 6.92 Å². The molecule has 0 radical (unpaired) electrons. The van der Waals surface area contributed by atoms with Crippen molar-refractivity contribution in [2.24, 2.45) is 10.2 Å². The Hall–Kier alpha value is -2.00. The average molecular weight is 363 g/mol. The van der Waals surface area contributed by atoms with Gasteiger partial charge in [0, 0.05) is 19.0 Å². The van der Waals surface area contributed by atoms with Crippen LogP contribution < -0.4 is 4.90 Å². The summed E-state index contributed by atoms with van der Waals surface area (Å²) in [6.45, 7) is 4.18. The summed E-state index contributed by atoms with van der Waals surface area (Å²) in [6, 6.07) is 3.26. The zero-order chi connectivity index (χ0) is 17.1. The maximum atomic E-state index is 11.9. The lowest BCUT2D eigenvalue weighted by Gasteiger charge is -2.29. The monoisotopic (exact) mass is 363 g/mol. The Labute approximate surface area is 147 Å². The fourth-order valence-corrected chi connectivity index (χ4v) is 4.16. The summed E-state index contributed by atoms with van der Waals surface area (Å²) in [4.78, 5) is 13.6. The van der Waals surface area contributed by atoms with Gasteiger partial charge in [-0.2, -0.15) is 0 Å². The van der Waals surface area contributed by atoms with E-state index < -0.39 is 0 Å². The van der Waals surface area contributed by atoms with Gasteiger partial charge in [-0.1, -0.05) is 30.0 Å². The third-order valence-electron chi connectivity index (χ3n) is 3.60. The molecule has 0 spiro atoms. The molecule has 0 saturated carbocycles. The van der Waals surface area contributed by atoms with Crippen molar-refractivity contribution < 1.29 is 9.90 Å². The summed E-state index contributed by atoms with van der Waals surface area (Å²) < 4.78 is 0.851. The van der Waals surface area contributed by atoms with Gasteiger partial charge in [0.2, 0.25) is 5.91 Å². The van der Waals surface area contributed by atoms with Gasteiger partial charge in [-0.25, -0.2) is 0 Å². The van der Waals surface area contributed by atoms with Crippen molar-refractivity contribution in [3.63, 3.8) is 0 Å². The molecule has 126 valence electrons. The highest BCUT2D eigenvalue weighted by atomic mass is 32.2. The first kappa shape index (κ1) is 16.8. The van der Waals surface area contributed by atoms with Crippen LogP contribution >= 0.6 is 23.1 Å². The summed E-state index contributed by atoms with van der Waals surface area (Å²) in [5.41, 5.74) is 1.94. The third kappa shape index (κ3) is 3.41. The van der Waals surface area contributed by atoms with E-state index in [4.69, 9.17) is 0 Å². The first-order chi connectivity index (χ1) is 11.6. The SMILES string of the molecule is CCSc1nnc(/N=N/c2ccc(O)c3c2N(C(C)=O)CCC3)s1. The number of hydrogen-bond acceptors (Lipinski definition) is 8. The summed E-state index contributed by atoms with van der Waals surface area (Å²) >= 11 is 2.98. The topological polar surface area (TPSA) is 91.0 Å². The number of benzene rings is 1. The molecule has 0 aliphatic carbocycles. The lowest BCUT2D eigenvalue weighted by molar-refractivity contribution is -0.116. The Morgan fingerprint density at radius 3 is 3.00 bits per heavy atom. The molecular weight excluding hydrogens is 346 g/mol. The Morgan fingerprint density at radius 2 is 2.25 bits per heavy atom. The lowest BCUT2D eigenvalue weighted by atomic mass is 9.99. The molecule has 2 aromatic rings. The van der Waals surface area contributed by atoms with Crippen molar-refractivity contribution in [2.45, 2.75) is 31.0 Å². The van der Waals surface area contributed by atoms with Crippen LogP contribution in [-0.2, 0) is 11.2 Å². The van der Waals surface area contributed by atoms with Crippen LogP contribution in [0.2, 0.25) is 0 Å². The molecule has 1 aliphatic rings. The minimum Gasteiger partial charge on any atom is -0.508 e. The molecule has 3 rings (SSSR count). The van der Waals surface area contributed by atoms with E-state index in [9.17, 15) is 9.90 Å². The highest BCUT2D eigenvalue weighted by Crippen LogP contribution is 2.42. The van der Waals surface area contributed by atoms with Crippen LogP contribution in [0.1, 0.15) is 25.8 Å². The molecule has 2 heterocycles. The van der Waals surface area contributed by atoms with Crippen LogP contribution in [0.15, 0.2) is 26.7 Å². The lowest BCUT2D eigenvalue weighted by Crippen LogP contribution is -2.33. The quantitative estimate of drug-likeness (QED) is 0.653. The second kappa shape index (κ2) is 7.27. The smallest absolute Gasteiger partial charge is 0.252 e. The summed E-state index contributed by atoms with van der Waals surface area (Å²) in [6.07, 6.45) is 1.53. The van der Waals surface area contributed by atoms with Gasteiger partial charge in [-0.3, -0.25) is 4.79 Å². The van der Waals surface area contributed by atoms with Crippen LogP contribution in [0.25, 0.3) is 0 Å². The molecule has 0 unspecified atom stereocenters. The summed E-state index contributed by atoms with van der Waals surface area (Å²) in [7, 11) is 0. The Morgan fingerprint density at radius 1 is 1.42 bits per heavy atom. The number of aromatic nitrogens is 2. The summed E-state index contributed by atoms with van der Waals surface area (Å²) in [5.74, 6) is 1.04. The number of aromatic hydroxyl groups is 1.